The van der Waals surface area contributed by atoms with Crippen LogP contribution in [0.3, 0.4) is 0 Å². The van der Waals surface area contributed by atoms with Crippen LogP contribution in [-0.2, 0) is 9.47 Å². The number of hydrogen-bond donors (Lipinski definition) is 0. The number of ether oxygens (including phenoxy) is 2. The Balaban J connectivity index is 1.64. The molecule has 0 radical (unpaired) electrons. The highest BCUT2D eigenvalue weighted by molar-refractivity contribution is 5.95. The highest BCUT2D eigenvalue weighted by Crippen LogP contribution is 2.18. The number of morpholine rings is 1. The highest BCUT2D eigenvalue weighted by Gasteiger charge is 2.27. The van der Waals surface area contributed by atoms with Crippen molar-refractivity contribution in [2.75, 3.05) is 52.5 Å². The first-order chi connectivity index (χ1) is 11.1. The fraction of sp³-hybridized carbons (Fsp3) is 0.706. The summed E-state index contributed by atoms with van der Waals surface area (Å²) in [7, 11) is 0. The molecule has 2 fully saturated rings. The van der Waals surface area contributed by atoms with E-state index in [-0.39, 0.29) is 12.0 Å². The van der Waals surface area contributed by atoms with Gasteiger partial charge in [-0.1, -0.05) is 0 Å². The van der Waals surface area contributed by atoms with Gasteiger partial charge in [-0.05, 0) is 26.3 Å². The summed E-state index contributed by atoms with van der Waals surface area (Å²) in [6, 6.07) is 1.83. The molecule has 2 saturated heterocycles. The number of aryl methyl sites for hydroxylation is 2. The summed E-state index contributed by atoms with van der Waals surface area (Å²) in [4.78, 5) is 17.1. The number of carbonyl (C=O) groups excluding carboxylic acids is 1. The standard InChI is InChI=1S/C17H26N2O4/c1-13-10-16(14(2)23-13)17(20)19-4-3-7-22-15(12-19)11-18-5-8-21-9-6-18/h10,15H,3-9,11-12H2,1-2H3/t15-/m0/s1. The molecule has 1 aromatic rings. The Labute approximate surface area is 137 Å². The van der Waals surface area contributed by atoms with Crippen molar-refractivity contribution >= 4 is 5.91 Å². The van der Waals surface area contributed by atoms with Crippen molar-refractivity contribution in [2.45, 2.75) is 26.4 Å². The number of carbonyl (C=O) groups is 1. The van der Waals surface area contributed by atoms with Gasteiger partial charge in [-0.25, -0.2) is 0 Å². The zero-order valence-electron chi connectivity index (χ0n) is 14.0. The smallest absolute Gasteiger partial charge is 0.257 e. The zero-order chi connectivity index (χ0) is 16.2. The Morgan fingerprint density at radius 3 is 2.70 bits per heavy atom. The summed E-state index contributed by atoms with van der Waals surface area (Å²) in [6.45, 7) is 10.1. The van der Waals surface area contributed by atoms with Crippen molar-refractivity contribution in [2.24, 2.45) is 0 Å². The summed E-state index contributed by atoms with van der Waals surface area (Å²) in [5.41, 5.74) is 0.675. The summed E-state index contributed by atoms with van der Waals surface area (Å²) in [5, 5.41) is 0. The Morgan fingerprint density at radius 1 is 1.22 bits per heavy atom. The van der Waals surface area contributed by atoms with E-state index in [0.29, 0.717) is 24.5 Å². The molecule has 6 heteroatoms. The van der Waals surface area contributed by atoms with E-state index in [2.05, 4.69) is 4.90 Å². The minimum Gasteiger partial charge on any atom is -0.466 e. The molecular formula is C17H26N2O4. The van der Waals surface area contributed by atoms with Gasteiger partial charge in [-0.3, -0.25) is 9.69 Å². The molecule has 0 spiro atoms. The third kappa shape index (κ3) is 4.13. The molecule has 0 aliphatic carbocycles. The number of nitrogens with zero attached hydrogens (tertiary/aromatic N) is 2. The molecule has 23 heavy (non-hydrogen) atoms. The van der Waals surface area contributed by atoms with Crippen molar-refractivity contribution in [3.63, 3.8) is 0 Å². The third-order valence-corrected chi connectivity index (χ3v) is 4.47. The molecule has 0 aromatic carbocycles. The molecule has 0 unspecified atom stereocenters. The SMILES string of the molecule is Cc1cc(C(=O)N2CCCO[C@@H](CN3CCOCC3)C2)c(C)o1. The van der Waals surface area contributed by atoms with Crippen LogP contribution in [-0.4, -0.2) is 74.4 Å². The molecule has 2 aliphatic heterocycles. The van der Waals surface area contributed by atoms with Gasteiger partial charge in [0.05, 0.1) is 24.9 Å². The van der Waals surface area contributed by atoms with E-state index in [1.165, 1.54) is 0 Å². The zero-order valence-corrected chi connectivity index (χ0v) is 14.0. The van der Waals surface area contributed by atoms with Gasteiger partial charge >= 0.3 is 0 Å². The van der Waals surface area contributed by atoms with Gasteiger partial charge in [0.2, 0.25) is 0 Å². The quantitative estimate of drug-likeness (QED) is 0.843. The number of furan rings is 1. The largest absolute Gasteiger partial charge is 0.466 e. The minimum atomic E-state index is 0.0526. The lowest BCUT2D eigenvalue weighted by atomic mass is 10.2. The fourth-order valence-corrected chi connectivity index (χ4v) is 3.28. The predicted octanol–water partition coefficient (Wildman–Crippen LogP) is 1.46. The van der Waals surface area contributed by atoms with Gasteiger partial charge in [-0.2, -0.15) is 0 Å². The molecule has 0 saturated carbocycles. The predicted molar refractivity (Wildman–Crippen MR) is 85.7 cm³/mol. The van der Waals surface area contributed by atoms with Crippen molar-refractivity contribution in [1.29, 1.82) is 0 Å². The molecule has 6 nitrogen and oxygen atoms in total. The fourth-order valence-electron chi connectivity index (χ4n) is 3.28. The van der Waals surface area contributed by atoms with E-state index in [1.54, 1.807) is 0 Å². The topological polar surface area (TPSA) is 55.2 Å². The van der Waals surface area contributed by atoms with E-state index in [9.17, 15) is 4.79 Å². The first-order valence-electron chi connectivity index (χ1n) is 8.41. The van der Waals surface area contributed by atoms with Crippen molar-refractivity contribution in [3.8, 4) is 0 Å². The van der Waals surface area contributed by atoms with Crippen LogP contribution >= 0.6 is 0 Å². The van der Waals surface area contributed by atoms with Crippen LogP contribution in [0.1, 0.15) is 28.3 Å². The van der Waals surface area contributed by atoms with Crippen LogP contribution < -0.4 is 0 Å². The minimum absolute atomic E-state index is 0.0526. The van der Waals surface area contributed by atoms with Crippen LogP contribution in [0.25, 0.3) is 0 Å². The van der Waals surface area contributed by atoms with Crippen LogP contribution in [0, 0.1) is 13.8 Å². The molecule has 1 atom stereocenters. The van der Waals surface area contributed by atoms with Crippen LogP contribution in [0.5, 0.6) is 0 Å². The molecule has 2 aliphatic rings. The maximum absolute atomic E-state index is 12.8. The summed E-state index contributed by atoms with van der Waals surface area (Å²) < 4.78 is 16.9. The van der Waals surface area contributed by atoms with Crippen LogP contribution in [0.15, 0.2) is 10.5 Å². The lowest BCUT2D eigenvalue weighted by Gasteiger charge is -2.31. The Hall–Kier alpha value is -1.37. The molecule has 3 rings (SSSR count). The second-order valence-electron chi connectivity index (χ2n) is 6.34. The molecule has 1 aromatic heterocycles. The average molecular weight is 322 g/mol. The lowest BCUT2D eigenvalue weighted by molar-refractivity contribution is -0.0112. The normalized spacial score (nSPS) is 23.7. The Kier molecular flexibility index (Phi) is 5.35. The van der Waals surface area contributed by atoms with Crippen molar-refractivity contribution < 1.29 is 18.7 Å². The second-order valence-corrected chi connectivity index (χ2v) is 6.34. The van der Waals surface area contributed by atoms with Gasteiger partial charge in [-0.15, -0.1) is 0 Å². The molecule has 3 heterocycles. The van der Waals surface area contributed by atoms with E-state index >= 15 is 0 Å². The van der Waals surface area contributed by atoms with Crippen molar-refractivity contribution in [3.05, 3.63) is 23.2 Å². The molecular weight excluding hydrogens is 296 g/mol. The molecule has 0 N–H and O–H groups in total. The van der Waals surface area contributed by atoms with Gasteiger partial charge in [0.25, 0.3) is 5.91 Å². The van der Waals surface area contributed by atoms with E-state index in [4.69, 9.17) is 13.9 Å². The Morgan fingerprint density at radius 2 is 2.00 bits per heavy atom. The third-order valence-electron chi connectivity index (χ3n) is 4.47. The number of rotatable bonds is 3. The van der Waals surface area contributed by atoms with Crippen LogP contribution in [0.4, 0.5) is 0 Å². The number of amides is 1. The number of hydrogen-bond acceptors (Lipinski definition) is 5. The van der Waals surface area contributed by atoms with Crippen LogP contribution in [0.2, 0.25) is 0 Å². The van der Waals surface area contributed by atoms with Gasteiger partial charge in [0.1, 0.15) is 11.5 Å². The molecule has 0 bridgehead atoms. The monoisotopic (exact) mass is 322 g/mol. The van der Waals surface area contributed by atoms with Crippen molar-refractivity contribution in [1.82, 2.24) is 9.80 Å². The maximum atomic E-state index is 12.8. The van der Waals surface area contributed by atoms with E-state index < -0.39 is 0 Å². The van der Waals surface area contributed by atoms with Gasteiger partial charge in [0.15, 0.2) is 0 Å². The average Bonchev–Trinajstić information content (AvgIpc) is 2.74. The van der Waals surface area contributed by atoms with Gasteiger partial charge < -0.3 is 18.8 Å². The Bertz CT molecular complexity index is 537. The maximum Gasteiger partial charge on any atom is 0.257 e. The second kappa shape index (κ2) is 7.47. The molecule has 1 amide bonds. The highest BCUT2D eigenvalue weighted by atomic mass is 16.5. The summed E-state index contributed by atoms with van der Waals surface area (Å²) in [6.07, 6.45) is 0.939. The first-order valence-corrected chi connectivity index (χ1v) is 8.41. The van der Waals surface area contributed by atoms with Gasteiger partial charge in [0, 0.05) is 39.3 Å². The molecule has 128 valence electrons. The van der Waals surface area contributed by atoms with E-state index in [0.717, 1.165) is 51.6 Å². The first kappa shape index (κ1) is 16.5. The summed E-state index contributed by atoms with van der Waals surface area (Å²) in [5.74, 6) is 1.53. The summed E-state index contributed by atoms with van der Waals surface area (Å²) >= 11 is 0. The van der Waals surface area contributed by atoms with E-state index in [1.807, 2.05) is 24.8 Å². The lowest BCUT2D eigenvalue weighted by Crippen LogP contribution is -2.45.